The van der Waals surface area contributed by atoms with E-state index in [4.69, 9.17) is 4.74 Å². The number of aliphatic hydroxyl groups excluding tert-OH is 1. The Kier molecular flexibility index (Phi) is 9.20. The van der Waals surface area contributed by atoms with Gasteiger partial charge in [-0.1, -0.05) is 45.0 Å². The summed E-state index contributed by atoms with van der Waals surface area (Å²) >= 11 is 1.47. The van der Waals surface area contributed by atoms with Crippen LogP contribution in [0.5, 0.6) is 0 Å². The number of rotatable bonds is 7. The second kappa shape index (κ2) is 11.8. The third-order valence-electron chi connectivity index (χ3n) is 6.44. The Bertz CT molecular complexity index is 1130. The molecule has 3 rings (SSSR count). The molecule has 208 valence electrons. The topological polar surface area (TPSA) is 121 Å². The molecule has 1 fully saturated rings. The van der Waals surface area contributed by atoms with Crippen molar-refractivity contribution >= 4 is 29.2 Å². The van der Waals surface area contributed by atoms with Crippen molar-refractivity contribution < 1.29 is 24.2 Å². The van der Waals surface area contributed by atoms with E-state index in [-0.39, 0.29) is 24.5 Å². The zero-order valence-electron chi connectivity index (χ0n) is 23.3. The van der Waals surface area contributed by atoms with Crippen LogP contribution in [-0.2, 0) is 20.9 Å². The molecule has 3 atom stereocenters. The highest BCUT2D eigenvalue weighted by Gasteiger charge is 2.42. The fourth-order valence-electron chi connectivity index (χ4n) is 4.48. The molecule has 1 aromatic heterocycles. The van der Waals surface area contributed by atoms with E-state index in [1.165, 1.54) is 11.3 Å². The van der Waals surface area contributed by atoms with E-state index in [2.05, 4.69) is 15.6 Å². The Morgan fingerprint density at radius 3 is 2.37 bits per heavy atom. The molecule has 0 spiro atoms. The van der Waals surface area contributed by atoms with E-state index in [1.807, 2.05) is 52.0 Å². The summed E-state index contributed by atoms with van der Waals surface area (Å²) in [5.41, 5.74) is 2.95. The Balaban J connectivity index is 1.69. The normalized spacial score (nSPS) is 17.6. The number of amides is 3. The van der Waals surface area contributed by atoms with Crippen LogP contribution in [0.25, 0.3) is 10.4 Å². The lowest BCUT2D eigenvalue weighted by atomic mass is 9.85. The molecule has 10 heteroatoms. The molecule has 0 aliphatic carbocycles. The molecule has 1 aliphatic heterocycles. The predicted molar refractivity (Wildman–Crippen MR) is 147 cm³/mol. The third kappa shape index (κ3) is 7.32. The molecule has 3 unspecified atom stereocenters. The molecule has 38 heavy (non-hydrogen) atoms. The van der Waals surface area contributed by atoms with Crippen molar-refractivity contribution in [2.45, 2.75) is 91.6 Å². The van der Waals surface area contributed by atoms with Crippen molar-refractivity contribution in [1.82, 2.24) is 20.5 Å². The van der Waals surface area contributed by atoms with Gasteiger partial charge in [0.25, 0.3) is 0 Å². The van der Waals surface area contributed by atoms with Gasteiger partial charge in [0.15, 0.2) is 0 Å². The fourth-order valence-corrected chi connectivity index (χ4v) is 5.29. The van der Waals surface area contributed by atoms with Crippen LogP contribution in [0, 0.1) is 5.41 Å². The van der Waals surface area contributed by atoms with E-state index in [0.717, 1.165) is 16.0 Å². The minimum atomic E-state index is -0.841. The van der Waals surface area contributed by atoms with Gasteiger partial charge in [-0.2, -0.15) is 0 Å². The quantitative estimate of drug-likeness (QED) is 0.475. The second-order valence-electron chi connectivity index (χ2n) is 11.8. The highest BCUT2D eigenvalue weighted by Crippen LogP contribution is 2.30. The summed E-state index contributed by atoms with van der Waals surface area (Å²) in [5.74, 6) is -0.510. The lowest BCUT2D eigenvalue weighted by molar-refractivity contribution is -0.142. The molecular formula is C28H40N4O5S. The number of carbonyl (C=O) groups is 3. The van der Waals surface area contributed by atoms with Crippen LogP contribution >= 0.6 is 11.3 Å². The van der Waals surface area contributed by atoms with Crippen molar-refractivity contribution in [2.75, 3.05) is 6.54 Å². The Morgan fingerprint density at radius 1 is 1.13 bits per heavy atom. The largest absolute Gasteiger partial charge is 0.444 e. The first-order valence-corrected chi connectivity index (χ1v) is 13.8. The zero-order chi connectivity index (χ0) is 28.3. The summed E-state index contributed by atoms with van der Waals surface area (Å²) in [4.78, 5) is 46.1. The molecule has 9 nitrogen and oxygen atoms in total. The van der Waals surface area contributed by atoms with Crippen LogP contribution in [0.15, 0.2) is 29.8 Å². The molecule has 1 saturated heterocycles. The average molecular weight is 545 g/mol. The molecule has 3 N–H and O–H groups in total. The molecule has 0 bridgehead atoms. The maximum absolute atomic E-state index is 13.6. The number of aromatic nitrogens is 1. The van der Waals surface area contributed by atoms with E-state index >= 15 is 0 Å². The van der Waals surface area contributed by atoms with Gasteiger partial charge in [-0.25, -0.2) is 9.78 Å². The number of benzene rings is 1. The standard InChI is InChI=1S/C28H40N4O5S/c1-17(18-10-12-19(13-11-18)22-20(15-33)29-16-38-22)30-24(34)21-9-8-14-32(21)25(35)23(27(2,3)4)31-26(36)37-28(5,6)7/h10-13,16-17,21,23,33H,8-9,14-15H2,1-7H3,(H,30,34)(H,31,36). The van der Waals surface area contributed by atoms with Gasteiger partial charge in [-0.15, -0.1) is 11.3 Å². The number of hydrogen-bond acceptors (Lipinski definition) is 7. The van der Waals surface area contributed by atoms with Gasteiger partial charge in [0.05, 0.1) is 28.7 Å². The van der Waals surface area contributed by atoms with E-state index < -0.39 is 29.2 Å². The maximum Gasteiger partial charge on any atom is 0.408 e. The van der Waals surface area contributed by atoms with Gasteiger partial charge < -0.3 is 25.4 Å². The van der Waals surface area contributed by atoms with Crippen molar-refractivity contribution in [1.29, 1.82) is 0 Å². The zero-order valence-corrected chi connectivity index (χ0v) is 24.1. The molecule has 2 aromatic rings. The van der Waals surface area contributed by atoms with Gasteiger partial charge in [-0.3, -0.25) is 9.59 Å². The Hall–Kier alpha value is -2.98. The van der Waals surface area contributed by atoms with Gasteiger partial charge in [0.2, 0.25) is 11.8 Å². The summed E-state index contributed by atoms with van der Waals surface area (Å²) in [6, 6.07) is 6.06. The van der Waals surface area contributed by atoms with Crippen molar-refractivity contribution in [3.8, 4) is 10.4 Å². The summed E-state index contributed by atoms with van der Waals surface area (Å²) in [5, 5.41) is 15.3. The third-order valence-corrected chi connectivity index (χ3v) is 7.35. The van der Waals surface area contributed by atoms with Crippen LogP contribution in [0.4, 0.5) is 4.79 Å². The van der Waals surface area contributed by atoms with Crippen LogP contribution in [-0.4, -0.2) is 57.1 Å². The lowest BCUT2D eigenvalue weighted by Crippen LogP contribution is -2.58. The lowest BCUT2D eigenvalue weighted by Gasteiger charge is -2.36. The summed E-state index contributed by atoms with van der Waals surface area (Å²) in [6.45, 7) is 13.2. The number of carbonyl (C=O) groups excluding carboxylic acids is 3. The number of thiazole rings is 1. The number of hydrogen-bond donors (Lipinski definition) is 3. The summed E-state index contributed by atoms with van der Waals surface area (Å²) < 4.78 is 5.38. The first-order valence-electron chi connectivity index (χ1n) is 12.9. The fraction of sp³-hybridized carbons (Fsp3) is 0.571. The number of nitrogens with zero attached hydrogens (tertiary/aromatic N) is 2. The predicted octanol–water partition coefficient (Wildman–Crippen LogP) is 4.41. The maximum atomic E-state index is 13.6. The van der Waals surface area contributed by atoms with Crippen LogP contribution in [0.2, 0.25) is 0 Å². The van der Waals surface area contributed by atoms with E-state index in [0.29, 0.717) is 25.1 Å². The summed E-state index contributed by atoms with van der Waals surface area (Å²) in [7, 11) is 0. The average Bonchev–Trinajstić information content (AvgIpc) is 3.50. The van der Waals surface area contributed by atoms with Crippen LogP contribution < -0.4 is 10.6 Å². The van der Waals surface area contributed by atoms with Gasteiger partial charge in [0.1, 0.15) is 17.7 Å². The van der Waals surface area contributed by atoms with Crippen LogP contribution in [0.3, 0.4) is 0 Å². The van der Waals surface area contributed by atoms with Crippen molar-refractivity contribution in [2.24, 2.45) is 5.41 Å². The number of nitrogens with one attached hydrogen (secondary N) is 2. The summed E-state index contributed by atoms with van der Waals surface area (Å²) in [6.07, 6.45) is 0.604. The number of aliphatic hydroxyl groups is 1. The second-order valence-corrected chi connectivity index (χ2v) is 12.6. The highest BCUT2D eigenvalue weighted by atomic mass is 32.1. The molecule has 1 aliphatic rings. The van der Waals surface area contributed by atoms with Gasteiger partial charge in [-0.05, 0) is 57.1 Å². The molecule has 2 heterocycles. The van der Waals surface area contributed by atoms with Gasteiger partial charge in [0, 0.05) is 6.54 Å². The monoisotopic (exact) mass is 544 g/mol. The molecular weight excluding hydrogens is 504 g/mol. The first-order chi connectivity index (χ1) is 17.7. The number of ether oxygens (including phenoxy) is 1. The van der Waals surface area contributed by atoms with E-state index in [1.54, 1.807) is 31.2 Å². The SMILES string of the molecule is CC(NC(=O)C1CCCN1C(=O)C(NC(=O)OC(C)(C)C)C(C)(C)C)c1ccc(-c2scnc2CO)cc1. The van der Waals surface area contributed by atoms with Crippen LogP contribution in [0.1, 0.15) is 78.6 Å². The minimum Gasteiger partial charge on any atom is -0.444 e. The highest BCUT2D eigenvalue weighted by molar-refractivity contribution is 7.13. The molecule has 0 saturated carbocycles. The minimum absolute atomic E-state index is 0.118. The Morgan fingerprint density at radius 2 is 1.79 bits per heavy atom. The smallest absolute Gasteiger partial charge is 0.408 e. The van der Waals surface area contributed by atoms with Crippen molar-refractivity contribution in [3.05, 3.63) is 41.0 Å². The molecule has 1 aromatic carbocycles. The number of alkyl carbamates (subject to hydrolysis) is 1. The number of likely N-dealkylation sites (tertiary alicyclic amines) is 1. The Labute approximate surface area is 229 Å². The first kappa shape index (κ1) is 29.6. The van der Waals surface area contributed by atoms with E-state index in [9.17, 15) is 19.5 Å². The van der Waals surface area contributed by atoms with Gasteiger partial charge >= 0.3 is 6.09 Å². The molecule has 3 amide bonds. The van der Waals surface area contributed by atoms with Crippen molar-refractivity contribution in [3.63, 3.8) is 0 Å². The molecule has 0 radical (unpaired) electrons.